The van der Waals surface area contributed by atoms with Crippen molar-refractivity contribution < 1.29 is 0 Å². The normalized spacial score (nSPS) is 10.3. The predicted octanol–water partition coefficient (Wildman–Crippen LogP) is 4.77. The summed E-state index contributed by atoms with van der Waals surface area (Å²) in [6.45, 7) is 2.26. The van der Waals surface area contributed by atoms with E-state index >= 15 is 0 Å². The van der Waals surface area contributed by atoms with Gasteiger partial charge in [0.2, 0.25) is 0 Å². The quantitative estimate of drug-likeness (QED) is 0.330. The van der Waals surface area contributed by atoms with Crippen molar-refractivity contribution in [2.45, 2.75) is 64.7 Å². The van der Waals surface area contributed by atoms with Crippen LogP contribution in [-0.2, 0) is 0 Å². The van der Waals surface area contributed by atoms with Crippen molar-refractivity contribution in [3.8, 4) is 0 Å². The van der Waals surface area contributed by atoms with Crippen molar-refractivity contribution >= 4 is 29.0 Å². The smallest absolute Gasteiger partial charge is 0.0448 e. The van der Waals surface area contributed by atoms with E-state index in [1.807, 2.05) is 0 Å². The summed E-state index contributed by atoms with van der Waals surface area (Å²) in [7, 11) is 0. The molecule has 0 spiro atoms. The van der Waals surface area contributed by atoms with Crippen LogP contribution in [0.2, 0.25) is 0 Å². The Balaban J connectivity index is 2.87. The maximum Gasteiger partial charge on any atom is 0.0448 e. The van der Waals surface area contributed by atoms with Crippen molar-refractivity contribution in [2.75, 3.05) is 0 Å². The first-order valence-electron chi connectivity index (χ1n) is 5.49. The summed E-state index contributed by atoms with van der Waals surface area (Å²) < 4.78 is 0.867. The maximum absolute atomic E-state index is 4.90. The molecule has 0 saturated carbocycles. The maximum atomic E-state index is 4.90. The third-order valence-electron chi connectivity index (χ3n) is 2.24. The van der Waals surface area contributed by atoms with Crippen LogP contribution in [-0.4, -0.2) is 4.20 Å². The van der Waals surface area contributed by atoms with Crippen LogP contribution in [0.1, 0.15) is 64.7 Å². The topological polar surface area (TPSA) is 0 Å². The summed E-state index contributed by atoms with van der Waals surface area (Å²) in [6.07, 6.45) is 11.9. The molecule has 0 aromatic carbocycles. The van der Waals surface area contributed by atoms with Gasteiger partial charge in [-0.15, -0.1) is 12.6 Å². The molecule has 0 aliphatic carbocycles. The van der Waals surface area contributed by atoms with Crippen LogP contribution in [0.15, 0.2) is 0 Å². The Morgan fingerprint density at radius 1 is 0.923 bits per heavy atom. The molecule has 0 aromatic rings. The van der Waals surface area contributed by atoms with Gasteiger partial charge in [0, 0.05) is 4.20 Å². The monoisotopic (exact) mass is 218 g/mol. The largest absolute Gasteiger partial charge is 0.136 e. The zero-order valence-corrected chi connectivity index (χ0v) is 10.4. The first kappa shape index (κ1) is 13.4. The van der Waals surface area contributed by atoms with Crippen LogP contribution < -0.4 is 0 Å². The van der Waals surface area contributed by atoms with Crippen LogP contribution in [0.4, 0.5) is 0 Å². The molecule has 0 atom stereocenters. The summed E-state index contributed by atoms with van der Waals surface area (Å²) in [5, 5.41) is 0. The van der Waals surface area contributed by atoms with E-state index in [1.54, 1.807) is 0 Å². The first-order valence-corrected chi connectivity index (χ1v) is 6.34. The van der Waals surface area contributed by atoms with Gasteiger partial charge in [-0.25, -0.2) is 0 Å². The van der Waals surface area contributed by atoms with Gasteiger partial charge in [-0.1, -0.05) is 64.1 Å². The molecular weight excluding hydrogens is 196 g/mol. The molecule has 0 aliphatic rings. The fourth-order valence-corrected chi connectivity index (χ4v) is 1.71. The number of hydrogen-bond acceptors (Lipinski definition) is 1. The highest BCUT2D eigenvalue weighted by Crippen LogP contribution is 2.10. The van der Waals surface area contributed by atoms with Gasteiger partial charge < -0.3 is 0 Å². The molecule has 0 radical (unpaired) electrons. The summed E-state index contributed by atoms with van der Waals surface area (Å²) in [4.78, 5) is 0. The molecule has 0 aromatic heterocycles. The van der Waals surface area contributed by atoms with Gasteiger partial charge in [0.05, 0.1) is 0 Å². The molecule has 13 heavy (non-hydrogen) atoms. The second-order valence-electron chi connectivity index (χ2n) is 3.62. The molecule has 0 unspecified atom stereocenters. The van der Waals surface area contributed by atoms with E-state index in [0.29, 0.717) is 0 Å². The van der Waals surface area contributed by atoms with Crippen molar-refractivity contribution in [3.63, 3.8) is 0 Å². The minimum atomic E-state index is 0.867. The SMILES string of the molecule is CCCCCCCCCCC(=S)S. The number of thiocarbonyl (C=S) groups is 1. The molecule has 0 fully saturated rings. The molecule has 0 amide bonds. The van der Waals surface area contributed by atoms with E-state index in [2.05, 4.69) is 19.6 Å². The van der Waals surface area contributed by atoms with Crippen LogP contribution in [0.25, 0.3) is 0 Å². The van der Waals surface area contributed by atoms with E-state index in [9.17, 15) is 0 Å². The standard InChI is InChI=1S/C11H22S2/c1-2-3-4-5-6-7-8-9-10-11(12)13/h2-10H2,1H3,(H,12,13). The third-order valence-corrected chi connectivity index (χ3v) is 2.67. The molecule has 0 N–H and O–H groups in total. The summed E-state index contributed by atoms with van der Waals surface area (Å²) in [5.74, 6) is 0. The Labute approximate surface area is 93.9 Å². The van der Waals surface area contributed by atoms with E-state index in [1.165, 1.54) is 51.4 Å². The van der Waals surface area contributed by atoms with Crippen LogP contribution in [0.5, 0.6) is 0 Å². The summed E-state index contributed by atoms with van der Waals surface area (Å²) >= 11 is 9.00. The van der Waals surface area contributed by atoms with Crippen LogP contribution in [0, 0.1) is 0 Å². The minimum absolute atomic E-state index is 0.867. The molecule has 2 heteroatoms. The second kappa shape index (κ2) is 10.5. The van der Waals surface area contributed by atoms with E-state index in [0.717, 1.165) is 10.6 Å². The highest BCUT2D eigenvalue weighted by atomic mass is 32.1. The highest BCUT2D eigenvalue weighted by molar-refractivity contribution is 8.11. The lowest BCUT2D eigenvalue weighted by Gasteiger charge is -2.00. The Kier molecular flexibility index (Phi) is 10.9. The van der Waals surface area contributed by atoms with Gasteiger partial charge >= 0.3 is 0 Å². The average molecular weight is 218 g/mol. The Hall–Kier alpha value is 0.440. The number of hydrogen-bond donors (Lipinski definition) is 1. The zero-order valence-electron chi connectivity index (χ0n) is 8.72. The molecule has 0 heterocycles. The van der Waals surface area contributed by atoms with Crippen LogP contribution in [0.3, 0.4) is 0 Å². The molecule has 78 valence electrons. The molecule has 0 saturated heterocycles. The zero-order chi connectivity index (χ0) is 9.94. The lowest BCUT2D eigenvalue weighted by Crippen LogP contribution is -1.84. The van der Waals surface area contributed by atoms with E-state index < -0.39 is 0 Å². The predicted molar refractivity (Wildman–Crippen MR) is 68.8 cm³/mol. The average Bonchev–Trinajstić information content (AvgIpc) is 2.09. The molecule has 0 rings (SSSR count). The number of thiol groups is 1. The first-order chi connectivity index (χ1) is 6.27. The molecule has 0 bridgehead atoms. The molecular formula is C11H22S2. The van der Waals surface area contributed by atoms with Gasteiger partial charge in [-0.2, -0.15) is 0 Å². The van der Waals surface area contributed by atoms with Gasteiger partial charge in [0.25, 0.3) is 0 Å². The second-order valence-corrected chi connectivity index (χ2v) is 4.95. The van der Waals surface area contributed by atoms with Gasteiger partial charge in [0.1, 0.15) is 0 Å². The van der Waals surface area contributed by atoms with Gasteiger partial charge in [-0.3, -0.25) is 0 Å². The number of rotatable bonds is 9. The van der Waals surface area contributed by atoms with Gasteiger partial charge in [-0.05, 0) is 12.8 Å². The molecule has 0 aliphatic heterocycles. The van der Waals surface area contributed by atoms with Crippen LogP contribution >= 0.6 is 24.8 Å². The van der Waals surface area contributed by atoms with Crippen molar-refractivity contribution in [1.29, 1.82) is 0 Å². The fraction of sp³-hybridized carbons (Fsp3) is 0.909. The van der Waals surface area contributed by atoms with E-state index in [-0.39, 0.29) is 0 Å². The van der Waals surface area contributed by atoms with Crippen molar-refractivity contribution in [3.05, 3.63) is 0 Å². The minimum Gasteiger partial charge on any atom is -0.136 e. The third kappa shape index (κ3) is 12.4. The summed E-state index contributed by atoms with van der Waals surface area (Å²) in [5.41, 5.74) is 0. The van der Waals surface area contributed by atoms with Crippen molar-refractivity contribution in [2.24, 2.45) is 0 Å². The lowest BCUT2D eigenvalue weighted by molar-refractivity contribution is 0.581. The Morgan fingerprint density at radius 2 is 1.38 bits per heavy atom. The summed E-state index contributed by atoms with van der Waals surface area (Å²) in [6, 6.07) is 0. The van der Waals surface area contributed by atoms with E-state index in [4.69, 9.17) is 12.2 Å². The van der Waals surface area contributed by atoms with Gasteiger partial charge in [0.15, 0.2) is 0 Å². The lowest BCUT2D eigenvalue weighted by atomic mass is 10.1. The molecule has 0 nitrogen and oxygen atoms in total. The van der Waals surface area contributed by atoms with Crippen molar-refractivity contribution in [1.82, 2.24) is 0 Å². The Bertz CT molecular complexity index is 121. The highest BCUT2D eigenvalue weighted by Gasteiger charge is 1.92. The fourth-order valence-electron chi connectivity index (χ4n) is 1.41. The Morgan fingerprint density at radius 3 is 1.85 bits per heavy atom. The number of unbranched alkanes of at least 4 members (excludes halogenated alkanes) is 7.